The lowest BCUT2D eigenvalue weighted by atomic mass is 10.1. The maximum atomic E-state index is 11.2. The normalized spacial score (nSPS) is 10.3. The minimum Gasteiger partial charge on any atom is -0.493 e. The summed E-state index contributed by atoms with van der Waals surface area (Å²) in [5.41, 5.74) is 2.76. The molecule has 0 unspecified atom stereocenters. The molecule has 0 aromatic heterocycles. The minimum absolute atomic E-state index is 0.293. The maximum absolute atomic E-state index is 11.2. The van der Waals surface area contributed by atoms with Gasteiger partial charge in [-0.1, -0.05) is 22.0 Å². The van der Waals surface area contributed by atoms with Crippen LogP contribution < -0.4 is 14.8 Å². The van der Waals surface area contributed by atoms with E-state index in [1.165, 1.54) is 0 Å². The number of nitrogens with one attached hydrogen (secondary N) is 1. The summed E-state index contributed by atoms with van der Waals surface area (Å²) in [6.07, 6.45) is 0. The Labute approximate surface area is 143 Å². The van der Waals surface area contributed by atoms with Crippen molar-refractivity contribution in [1.82, 2.24) is 0 Å². The fourth-order valence-electron chi connectivity index (χ4n) is 2.28. The number of carbonyl (C=O) groups is 1. The summed E-state index contributed by atoms with van der Waals surface area (Å²) >= 11 is 3.51. The van der Waals surface area contributed by atoms with E-state index in [0.717, 1.165) is 15.7 Å². The van der Waals surface area contributed by atoms with E-state index in [4.69, 9.17) is 9.47 Å². The van der Waals surface area contributed by atoms with Gasteiger partial charge in [0.15, 0.2) is 11.5 Å². The van der Waals surface area contributed by atoms with Gasteiger partial charge in [-0.3, -0.25) is 0 Å². The van der Waals surface area contributed by atoms with Gasteiger partial charge in [-0.2, -0.15) is 0 Å². The molecule has 0 aliphatic rings. The Morgan fingerprint density at radius 3 is 2.48 bits per heavy atom. The van der Waals surface area contributed by atoms with Crippen LogP contribution in [0.5, 0.6) is 11.5 Å². The molecule has 2 aromatic rings. The van der Waals surface area contributed by atoms with Crippen LogP contribution in [-0.2, 0) is 6.54 Å². The van der Waals surface area contributed by atoms with Gasteiger partial charge in [0.2, 0.25) is 0 Å². The fourth-order valence-corrected chi connectivity index (χ4v) is 2.74. The third kappa shape index (κ3) is 3.76. The van der Waals surface area contributed by atoms with Crippen LogP contribution >= 0.6 is 15.9 Å². The van der Waals surface area contributed by atoms with E-state index in [1.807, 2.05) is 18.2 Å². The summed E-state index contributed by atoms with van der Waals surface area (Å²) in [6.45, 7) is 2.31. The van der Waals surface area contributed by atoms with Crippen LogP contribution in [0, 0.1) is 6.92 Å². The average Bonchev–Trinajstić information content (AvgIpc) is 2.54. The standard InChI is InChI=1S/C17H18BrNO4/c1-10-12(17(20)21)5-4-6-14(10)19-9-11-7-15(22-2)16(23-3)8-13(11)18/h4-8,19H,9H2,1-3H3,(H,20,21). The number of anilines is 1. The molecule has 23 heavy (non-hydrogen) atoms. The number of carboxylic acid groups (broad SMARTS) is 1. The predicted octanol–water partition coefficient (Wildman–Crippen LogP) is 4.09. The summed E-state index contributed by atoms with van der Waals surface area (Å²) in [4.78, 5) is 11.2. The highest BCUT2D eigenvalue weighted by Gasteiger charge is 2.12. The second-order valence-corrected chi connectivity index (χ2v) is 5.79. The van der Waals surface area contributed by atoms with Gasteiger partial charge in [0.25, 0.3) is 0 Å². The van der Waals surface area contributed by atoms with Gasteiger partial charge in [-0.05, 0) is 42.3 Å². The van der Waals surface area contributed by atoms with Crippen LogP contribution in [0.15, 0.2) is 34.8 Å². The molecule has 0 atom stereocenters. The summed E-state index contributed by atoms with van der Waals surface area (Å²) in [5, 5.41) is 12.4. The van der Waals surface area contributed by atoms with E-state index >= 15 is 0 Å². The zero-order chi connectivity index (χ0) is 17.0. The van der Waals surface area contributed by atoms with Gasteiger partial charge in [0.05, 0.1) is 19.8 Å². The van der Waals surface area contributed by atoms with Crippen LogP contribution in [0.25, 0.3) is 0 Å². The summed E-state index contributed by atoms with van der Waals surface area (Å²) in [7, 11) is 3.17. The van der Waals surface area contributed by atoms with Crippen molar-refractivity contribution < 1.29 is 19.4 Å². The van der Waals surface area contributed by atoms with Crippen molar-refractivity contribution in [3.63, 3.8) is 0 Å². The number of methoxy groups -OCH3 is 2. The monoisotopic (exact) mass is 379 g/mol. The van der Waals surface area contributed by atoms with Crippen LogP contribution in [-0.4, -0.2) is 25.3 Å². The van der Waals surface area contributed by atoms with Gasteiger partial charge < -0.3 is 19.9 Å². The van der Waals surface area contributed by atoms with E-state index in [1.54, 1.807) is 33.3 Å². The third-order valence-corrected chi connectivity index (χ3v) is 4.32. The van der Waals surface area contributed by atoms with Crippen molar-refractivity contribution in [3.05, 3.63) is 51.5 Å². The Kier molecular flexibility index (Phi) is 5.50. The lowest BCUT2D eigenvalue weighted by molar-refractivity contribution is 0.0696. The van der Waals surface area contributed by atoms with E-state index in [9.17, 15) is 9.90 Å². The Hall–Kier alpha value is -2.21. The molecule has 2 N–H and O–H groups in total. The molecular weight excluding hydrogens is 362 g/mol. The smallest absolute Gasteiger partial charge is 0.336 e. The van der Waals surface area contributed by atoms with Crippen LogP contribution in [0.3, 0.4) is 0 Å². The minimum atomic E-state index is -0.932. The van der Waals surface area contributed by atoms with Gasteiger partial charge in [-0.15, -0.1) is 0 Å². The van der Waals surface area contributed by atoms with Crippen molar-refractivity contribution in [1.29, 1.82) is 0 Å². The number of benzene rings is 2. The van der Waals surface area contributed by atoms with E-state index in [-0.39, 0.29) is 0 Å². The van der Waals surface area contributed by atoms with Gasteiger partial charge >= 0.3 is 5.97 Å². The summed E-state index contributed by atoms with van der Waals surface area (Å²) in [5.74, 6) is 0.356. The van der Waals surface area contributed by atoms with E-state index < -0.39 is 5.97 Å². The first-order valence-corrected chi connectivity index (χ1v) is 7.74. The average molecular weight is 380 g/mol. The lowest BCUT2D eigenvalue weighted by Crippen LogP contribution is -2.06. The number of ether oxygens (including phenoxy) is 2. The molecule has 0 heterocycles. The largest absolute Gasteiger partial charge is 0.493 e. The number of hydrogen-bond donors (Lipinski definition) is 2. The quantitative estimate of drug-likeness (QED) is 0.790. The molecule has 2 aromatic carbocycles. The Bertz CT molecular complexity index is 731. The number of rotatable bonds is 6. The molecule has 0 fully saturated rings. The molecule has 6 heteroatoms. The second kappa shape index (κ2) is 7.37. The van der Waals surface area contributed by atoms with Crippen molar-refractivity contribution in [2.75, 3.05) is 19.5 Å². The van der Waals surface area contributed by atoms with Crippen LogP contribution in [0.2, 0.25) is 0 Å². The topological polar surface area (TPSA) is 67.8 Å². The molecule has 0 saturated heterocycles. The van der Waals surface area contributed by atoms with Crippen molar-refractivity contribution in [2.45, 2.75) is 13.5 Å². The summed E-state index contributed by atoms with van der Waals surface area (Å²) < 4.78 is 11.4. The van der Waals surface area contributed by atoms with Gasteiger partial charge in [0, 0.05) is 16.7 Å². The molecule has 0 aliphatic heterocycles. The van der Waals surface area contributed by atoms with E-state index in [0.29, 0.717) is 29.2 Å². The van der Waals surface area contributed by atoms with Gasteiger partial charge in [0.1, 0.15) is 0 Å². The first-order chi connectivity index (χ1) is 11.0. The maximum Gasteiger partial charge on any atom is 0.336 e. The third-order valence-electron chi connectivity index (χ3n) is 3.59. The highest BCUT2D eigenvalue weighted by Crippen LogP contribution is 2.33. The predicted molar refractivity (Wildman–Crippen MR) is 92.7 cm³/mol. The first-order valence-electron chi connectivity index (χ1n) is 6.95. The zero-order valence-electron chi connectivity index (χ0n) is 13.1. The van der Waals surface area contributed by atoms with Crippen LogP contribution in [0.1, 0.15) is 21.5 Å². The second-order valence-electron chi connectivity index (χ2n) is 4.94. The Morgan fingerprint density at radius 1 is 1.22 bits per heavy atom. The zero-order valence-corrected chi connectivity index (χ0v) is 14.7. The van der Waals surface area contributed by atoms with E-state index in [2.05, 4.69) is 21.2 Å². The molecule has 0 bridgehead atoms. The molecule has 122 valence electrons. The molecule has 0 radical (unpaired) electrons. The molecule has 0 spiro atoms. The number of hydrogen-bond acceptors (Lipinski definition) is 4. The van der Waals surface area contributed by atoms with Crippen molar-refractivity contribution >= 4 is 27.6 Å². The molecule has 0 aliphatic carbocycles. The lowest BCUT2D eigenvalue weighted by Gasteiger charge is -2.15. The van der Waals surface area contributed by atoms with Crippen LogP contribution in [0.4, 0.5) is 5.69 Å². The molecule has 5 nitrogen and oxygen atoms in total. The highest BCUT2D eigenvalue weighted by molar-refractivity contribution is 9.10. The molecule has 0 saturated carbocycles. The molecule has 0 amide bonds. The van der Waals surface area contributed by atoms with Crippen molar-refractivity contribution in [3.8, 4) is 11.5 Å². The SMILES string of the molecule is COc1cc(Br)c(CNc2cccc(C(=O)O)c2C)cc1OC. The Morgan fingerprint density at radius 2 is 1.87 bits per heavy atom. The highest BCUT2D eigenvalue weighted by atomic mass is 79.9. The Balaban J connectivity index is 2.25. The van der Waals surface area contributed by atoms with Crippen molar-refractivity contribution in [2.24, 2.45) is 0 Å². The first kappa shape index (κ1) is 17.1. The molecule has 2 rings (SSSR count). The van der Waals surface area contributed by atoms with Gasteiger partial charge in [-0.25, -0.2) is 4.79 Å². The number of halogens is 1. The molecular formula is C17H18BrNO4. The summed E-state index contributed by atoms with van der Waals surface area (Å²) in [6, 6.07) is 8.90. The number of aromatic carboxylic acids is 1. The number of carboxylic acids is 1. The fraction of sp³-hybridized carbons (Fsp3) is 0.235.